The second kappa shape index (κ2) is 6.06. The highest BCUT2D eigenvalue weighted by Crippen LogP contribution is 2.15. The first-order valence-corrected chi connectivity index (χ1v) is 7.72. The Balaban J connectivity index is 1.80. The molecule has 1 heterocycles. The van der Waals surface area contributed by atoms with E-state index in [1.54, 1.807) is 11.3 Å². The normalized spacial score (nSPS) is 12.0. The Hall–Kier alpha value is -2.20. The number of benzene rings is 2. The number of amides is 1. The van der Waals surface area contributed by atoms with E-state index in [1.807, 2.05) is 66.2 Å². The van der Waals surface area contributed by atoms with Crippen molar-refractivity contribution in [1.82, 2.24) is 4.57 Å². The molecule has 3 nitrogen and oxygen atoms in total. The number of hydrogen-bond acceptors (Lipinski definition) is 2. The molecule has 0 saturated carbocycles. The van der Waals surface area contributed by atoms with E-state index in [2.05, 4.69) is 4.99 Å². The standard InChI is InChI=1S/C17H16N2OS/c1-19-14-9-5-6-10-15(14)21-17(19)18-16(20)12-11-13-7-3-2-4-8-13/h2-10H,11-12H2,1H3. The van der Waals surface area contributed by atoms with Crippen LogP contribution in [0.5, 0.6) is 0 Å². The molecule has 0 aliphatic heterocycles. The van der Waals surface area contributed by atoms with E-state index in [1.165, 1.54) is 5.56 Å². The van der Waals surface area contributed by atoms with Crippen LogP contribution in [0, 0.1) is 0 Å². The zero-order valence-corrected chi connectivity index (χ0v) is 12.6. The van der Waals surface area contributed by atoms with Gasteiger partial charge in [0.1, 0.15) is 0 Å². The van der Waals surface area contributed by atoms with Crippen LogP contribution in [0.2, 0.25) is 0 Å². The zero-order chi connectivity index (χ0) is 14.7. The van der Waals surface area contributed by atoms with Gasteiger partial charge in [-0.1, -0.05) is 53.8 Å². The van der Waals surface area contributed by atoms with Crippen molar-refractivity contribution in [3.63, 3.8) is 0 Å². The third kappa shape index (κ3) is 3.11. The number of thiazole rings is 1. The lowest BCUT2D eigenvalue weighted by Gasteiger charge is -1.97. The third-order valence-electron chi connectivity index (χ3n) is 3.41. The van der Waals surface area contributed by atoms with Gasteiger partial charge in [0.25, 0.3) is 0 Å². The van der Waals surface area contributed by atoms with Crippen molar-refractivity contribution >= 4 is 27.5 Å². The van der Waals surface area contributed by atoms with Crippen LogP contribution in [0.3, 0.4) is 0 Å². The average molecular weight is 296 g/mol. The molecule has 106 valence electrons. The Morgan fingerprint density at radius 1 is 1.10 bits per heavy atom. The quantitative estimate of drug-likeness (QED) is 0.730. The summed E-state index contributed by atoms with van der Waals surface area (Å²) in [7, 11) is 1.95. The van der Waals surface area contributed by atoms with Gasteiger partial charge in [-0.05, 0) is 24.1 Å². The van der Waals surface area contributed by atoms with Crippen molar-refractivity contribution in [3.8, 4) is 0 Å². The first-order valence-electron chi connectivity index (χ1n) is 6.90. The van der Waals surface area contributed by atoms with E-state index in [9.17, 15) is 4.79 Å². The molecule has 0 aliphatic rings. The summed E-state index contributed by atoms with van der Waals surface area (Å²) in [4.78, 5) is 17.1. The molecule has 0 atom stereocenters. The number of fused-ring (bicyclic) bond motifs is 1. The van der Waals surface area contributed by atoms with Gasteiger partial charge in [0.05, 0.1) is 10.2 Å². The molecule has 0 aliphatic carbocycles. The van der Waals surface area contributed by atoms with Gasteiger partial charge in [0.15, 0.2) is 4.80 Å². The number of hydrogen-bond donors (Lipinski definition) is 0. The van der Waals surface area contributed by atoms with Gasteiger partial charge in [-0.2, -0.15) is 4.99 Å². The van der Waals surface area contributed by atoms with Crippen molar-refractivity contribution in [1.29, 1.82) is 0 Å². The van der Waals surface area contributed by atoms with Crippen LogP contribution in [-0.4, -0.2) is 10.5 Å². The Morgan fingerprint density at radius 3 is 2.57 bits per heavy atom. The molecule has 0 spiro atoms. The maximum Gasteiger partial charge on any atom is 0.248 e. The number of rotatable bonds is 3. The van der Waals surface area contributed by atoms with Gasteiger partial charge in [-0.3, -0.25) is 4.79 Å². The first-order chi connectivity index (χ1) is 10.2. The zero-order valence-electron chi connectivity index (χ0n) is 11.8. The van der Waals surface area contributed by atoms with E-state index in [4.69, 9.17) is 0 Å². The summed E-state index contributed by atoms with van der Waals surface area (Å²) in [5.74, 6) is -0.0685. The fourth-order valence-corrected chi connectivity index (χ4v) is 3.28. The van der Waals surface area contributed by atoms with Crippen molar-refractivity contribution in [3.05, 3.63) is 65.0 Å². The highest BCUT2D eigenvalue weighted by atomic mass is 32.1. The predicted molar refractivity (Wildman–Crippen MR) is 86.1 cm³/mol. The van der Waals surface area contributed by atoms with Crippen LogP contribution in [0.25, 0.3) is 10.2 Å². The third-order valence-corrected chi connectivity index (χ3v) is 4.52. The highest BCUT2D eigenvalue weighted by molar-refractivity contribution is 7.16. The molecule has 0 bridgehead atoms. The van der Waals surface area contributed by atoms with Crippen molar-refractivity contribution in [2.75, 3.05) is 0 Å². The number of nitrogens with zero attached hydrogens (tertiary/aromatic N) is 2. The maximum absolute atomic E-state index is 12.0. The monoisotopic (exact) mass is 296 g/mol. The lowest BCUT2D eigenvalue weighted by Crippen LogP contribution is -2.13. The minimum Gasteiger partial charge on any atom is -0.319 e. The van der Waals surface area contributed by atoms with E-state index in [0.29, 0.717) is 6.42 Å². The van der Waals surface area contributed by atoms with Crippen molar-refractivity contribution < 1.29 is 4.79 Å². The van der Waals surface area contributed by atoms with Crippen LogP contribution in [0.15, 0.2) is 59.6 Å². The van der Waals surface area contributed by atoms with Gasteiger partial charge < -0.3 is 4.57 Å². The minimum absolute atomic E-state index is 0.0685. The molecule has 0 fully saturated rings. The van der Waals surface area contributed by atoms with E-state index in [-0.39, 0.29) is 5.91 Å². The molecule has 1 amide bonds. The van der Waals surface area contributed by atoms with Crippen LogP contribution >= 0.6 is 11.3 Å². The van der Waals surface area contributed by atoms with E-state index in [0.717, 1.165) is 21.4 Å². The van der Waals surface area contributed by atoms with Crippen LogP contribution < -0.4 is 4.80 Å². The second-order valence-corrected chi connectivity index (χ2v) is 5.91. The summed E-state index contributed by atoms with van der Waals surface area (Å²) in [6.07, 6.45) is 1.18. The number of aromatic nitrogens is 1. The lowest BCUT2D eigenvalue weighted by molar-refractivity contribution is -0.118. The summed E-state index contributed by atoms with van der Waals surface area (Å²) in [6, 6.07) is 18.1. The second-order valence-electron chi connectivity index (χ2n) is 4.90. The van der Waals surface area contributed by atoms with Gasteiger partial charge in [-0.25, -0.2) is 0 Å². The molecule has 0 saturated heterocycles. The fourth-order valence-electron chi connectivity index (χ4n) is 2.25. The molecule has 1 aromatic heterocycles. The van der Waals surface area contributed by atoms with E-state index >= 15 is 0 Å². The van der Waals surface area contributed by atoms with Gasteiger partial charge in [0.2, 0.25) is 5.91 Å². The Bertz CT molecular complexity index is 831. The molecular formula is C17H16N2OS. The Labute approximate surface area is 127 Å². The SMILES string of the molecule is Cn1c(=NC(=O)CCc2ccccc2)sc2ccccc21. The van der Waals surface area contributed by atoms with E-state index < -0.39 is 0 Å². The molecule has 2 aromatic carbocycles. The summed E-state index contributed by atoms with van der Waals surface area (Å²) in [5.41, 5.74) is 2.28. The molecule has 0 N–H and O–H groups in total. The topological polar surface area (TPSA) is 34.4 Å². The maximum atomic E-state index is 12.0. The number of carbonyl (C=O) groups excluding carboxylic acids is 1. The smallest absolute Gasteiger partial charge is 0.248 e. The molecule has 0 radical (unpaired) electrons. The van der Waals surface area contributed by atoms with Gasteiger partial charge >= 0.3 is 0 Å². The molecule has 0 unspecified atom stereocenters. The Morgan fingerprint density at radius 2 is 1.81 bits per heavy atom. The average Bonchev–Trinajstić information content (AvgIpc) is 2.83. The largest absolute Gasteiger partial charge is 0.319 e. The van der Waals surface area contributed by atoms with Crippen molar-refractivity contribution in [2.24, 2.45) is 12.0 Å². The van der Waals surface area contributed by atoms with Crippen LogP contribution in [0.4, 0.5) is 0 Å². The Kier molecular flexibility index (Phi) is 3.97. The van der Waals surface area contributed by atoms with Crippen LogP contribution in [0.1, 0.15) is 12.0 Å². The van der Waals surface area contributed by atoms with Gasteiger partial charge in [0, 0.05) is 13.5 Å². The molecule has 3 aromatic rings. The van der Waals surface area contributed by atoms with Crippen molar-refractivity contribution in [2.45, 2.75) is 12.8 Å². The number of carbonyl (C=O) groups is 1. The summed E-state index contributed by atoms with van der Waals surface area (Å²) < 4.78 is 3.12. The first kappa shape index (κ1) is 13.8. The fraction of sp³-hybridized carbons (Fsp3) is 0.176. The molecule has 3 rings (SSSR count). The number of aryl methyl sites for hydroxylation is 2. The molecular weight excluding hydrogens is 280 g/mol. The highest BCUT2D eigenvalue weighted by Gasteiger charge is 2.04. The summed E-state index contributed by atoms with van der Waals surface area (Å²) >= 11 is 1.55. The minimum atomic E-state index is -0.0685. The lowest BCUT2D eigenvalue weighted by atomic mass is 10.1. The predicted octanol–water partition coefficient (Wildman–Crippen LogP) is 3.30. The number of para-hydroxylation sites is 1. The summed E-state index contributed by atoms with van der Waals surface area (Å²) in [5, 5.41) is 0. The molecule has 21 heavy (non-hydrogen) atoms. The molecule has 4 heteroatoms. The summed E-state index contributed by atoms with van der Waals surface area (Å²) in [6.45, 7) is 0. The van der Waals surface area contributed by atoms with Gasteiger partial charge in [-0.15, -0.1) is 0 Å². The van der Waals surface area contributed by atoms with Crippen LogP contribution in [-0.2, 0) is 18.3 Å².